The molecule has 0 fully saturated rings. The zero-order chi connectivity index (χ0) is 92.9. The Morgan fingerprint density at radius 2 is 0.554 bits per heavy atom. The molecule has 0 saturated carbocycles. The van der Waals surface area contributed by atoms with Crippen molar-refractivity contribution in [1.29, 1.82) is 0 Å². The predicted molar refractivity (Wildman–Crippen MR) is 568 cm³/mol. The van der Waals surface area contributed by atoms with Gasteiger partial charge in [0.25, 0.3) is 0 Å². The Bertz CT molecular complexity index is 7760. The number of fused-ring (bicyclic) bond motifs is 11. The zero-order valence-electron chi connectivity index (χ0n) is 77.1. The minimum Gasteiger partial charge on any atom is -0.657 e. The Hall–Kier alpha value is -14.4. The molecular formula is C123H91Ir2N10PtS3+. The average Bonchev–Trinajstić information content (AvgIpc) is 1.60. The molecule has 10 nitrogen and oxygen atoms in total. The largest absolute Gasteiger partial charge is 3.00 e. The molecule has 678 valence electrons. The summed E-state index contributed by atoms with van der Waals surface area (Å²) in [6, 6.07) is 149. The van der Waals surface area contributed by atoms with E-state index in [1.165, 1.54) is 47.5 Å². The Morgan fingerprint density at radius 3 is 0.914 bits per heavy atom. The molecule has 139 heavy (non-hydrogen) atoms. The summed E-state index contributed by atoms with van der Waals surface area (Å²) < 4.78 is 5.98. The summed E-state index contributed by atoms with van der Waals surface area (Å²) in [5.74, 6) is 0. The molecule has 22 aromatic rings. The summed E-state index contributed by atoms with van der Waals surface area (Å²) in [4.78, 5) is 42.7. The van der Waals surface area contributed by atoms with Crippen LogP contribution >= 0.6 is 34.0 Å². The maximum atomic E-state index is 5.41. The first-order chi connectivity index (χ1) is 66.8. The van der Waals surface area contributed by atoms with Gasteiger partial charge in [-0.05, 0) is 131 Å². The van der Waals surface area contributed by atoms with Crippen molar-refractivity contribution in [2.45, 2.75) is 41.5 Å². The first-order valence-electron chi connectivity index (χ1n) is 44.8. The van der Waals surface area contributed by atoms with Crippen molar-refractivity contribution in [2.75, 3.05) is 0 Å². The molecule has 2 aliphatic heterocycles. The number of hydrogen-bond donors (Lipinski definition) is 0. The minimum absolute atomic E-state index is 0. The van der Waals surface area contributed by atoms with E-state index in [0.29, 0.717) is 0 Å². The van der Waals surface area contributed by atoms with Gasteiger partial charge < -0.3 is 24.9 Å². The van der Waals surface area contributed by atoms with Gasteiger partial charge in [-0.3, -0.25) is 15.0 Å². The molecule has 0 atom stereocenters. The summed E-state index contributed by atoms with van der Waals surface area (Å²) in [5.41, 5.74) is 35.9. The number of para-hydroxylation sites is 3. The van der Waals surface area contributed by atoms with Gasteiger partial charge in [-0.2, -0.15) is 38.6 Å². The Kier molecular flexibility index (Phi) is 34.2. The van der Waals surface area contributed by atoms with E-state index in [4.69, 9.17) is 15.0 Å². The van der Waals surface area contributed by atoms with Crippen LogP contribution < -0.4 is 14.5 Å². The third kappa shape index (κ3) is 24.9. The molecule has 9 aromatic heterocycles. The Labute approximate surface area is 865 Å². The minimum atomic E-state index is 0. The van der Waals surface area contributed by atoms with Crippen LogP contribution in [0, 0.1) is 77.9 Å². The molecule has 0 N–H and O–H groups in total. The Morgan fingerprint density at radius 1 is 0.252 bits per heavy atom. The van der Waals surface area contributed by atoms with Gasteiger partial charge in [-0.1, -0.05) is 245 Å². The molecular weight excluding hydrogens is 2290 g/mol. The van der Waals surface area contributed by atoms with Crippen LogP contribution in [0.5, 0.6) is 0 Å². The number of rotatable bonds is 10. The van der Waals surface area contributed by atoms with E-state index in [2.05, 4.69) is 326 Å². The molecule has 0 amide bonds. The van der Waals surface area contributed by atoms with Gasteiger partial charge >= 0.3 is 61.3 Å². The maximum absolute atomic E-state index is 5.41. The molecule has 16 heteroatoms. The van der Waals surface area contributed by atoms with Gasteiger partial charge in [-0.15, -0.1) is 235 Å². The van der Waals surface area contributed by atoms with Gasteiger partial charge in [0.2, 0.25) is 11.4 Å². The van der Waals surface area contributed by atoms with Crippen LogP contribution in [0.25, 0.3) is 187 Å². The summed E-state index contributed by atoms with van der Waals surface area (Å²) in [5, 5.41) is 3.13. The van der Waals surface area contributed by atoms with Gasteiger partial charge in [0.1, 0.15) is 7.05 Å². The second kappa shape index (κ2) is 48.0. The topological polar surface area (TPSA) is 122 Å². The number of thiazole rings is 3. The van der Waals surface area contributed by atoms with Gasteiger partial charge in [0.15, 0.2) is 0 Å². The summed E-state index contributed by atoms with van der Waals surface area (Å²) >= 11 is 5.14. The SMILES string of the molecule is Cc1cc[c-]c(-c2ccccn2)c1.Cc1cc[c-]c(-c2ccccn2)c1.Cc1cc[c-]c(-c2nc3ccccc3s2)c1.Cc1cc[c-]c(-c2nc3ccccc3s2)c1.Cc1ccc(-c2c3nc(c(-c4ccccc4)c4ccc([n-]4)c(-c4ccc(C)cc4)c4[n+](C)c(c(-c5ccccc5)c5ccc2[n-]5)C=C4)C=C3)cc1.[Ir+3].[Ir+3].[Pt+2].[c-]1ccccc1-c1ccccn1.[c-]1ccccc1-c1nc2ccccc2s1. The quantitative estimate of drug-likeness (QED) is 0.0973. The number of aromatic nitrogens is 10. The van der Waals surface area contributed by atoms with Crippen molar-refractivity contribution in [3.63, 3.8) is 0 Å². The molecule has 13 aromatic carbocycles. The predicted octanol–water partition coefficient (Wildman–Crippen LogP) is 30.8. The van der Waals surface area contributed by atoms with Gasteiger partial charge in [0.05, 0.1) is 27.9 Å². The summed E-state index contributed by atoms with van der Waals surface area (Å²) in [7, 11) is 2.15. The number of pyridine rings is 3. The van der Waals surface area contributed by atoms with Crippen molar-refractivity contribution in [3.8, 4) is 110 Å². The van der Waals surface area contributed by atoms with Crippen LogP contribution in [0.4, 0.5) is 0 Å². The van der Waals surface area contributed by atoms with Crippen molar-refractivity contribution in [1.82, 2.24) is 44.9 Å². The van der Waals surface area contributed by atoms with Gasteiger partial charge in [0, 0.05) is 71.0 Å². The van der Waals surface area contributed by atoms with E-state index >= 15 is 0 Å². The smallest absolute Gasteiger partial charge is 0.657 e. The number of nitrogens with zero attached hydrogens (tertiary/aromatic N) is 10. The van der Waals surface area contributed by atoms with Crippen LogP contribution in [-0.4, -0.2) is 34.9 Å². The monoisotopic (exact) mass is 2380 g/mol. The average molecular weight is 2380 g/mol. The van der Waals surface area contributed by atoms with Crippen LogP contribution in [0.1, 0.15) is 56.2 Å². The molecule has 0 saturated heterocycles. The Balaban J connectivity index is 0.000000136. The van der Waals surface area contributed by atoms with Gasteiger partial charge in [-0.25, -0.2) is 4.98 Å². The molecule has 24 rings (SSSR count). The normalized spacial score (nSPS) is 10.8. The van der Waals surface area contributed by atoms with E-state index in [1.807, 2.05) is 200 Å². The van der Waals surface area contributed by atoms with Crippen molar-refractivity contribution in [2.24, 2.45) is 7.05 Å². The molecule has 0 unspecified atom stereocenters. The molecule has 2 aliphatic rings. The number of benzene rings is 13. The van der Waals surface area contributed by atoms with E-state index in [-0.39, 0.29) is 61.3 Å². The van der Waals surface area contributed by atoms with Crippen LogP contribution in [0.2, 0.25) is 0 Å². The van der Waals surface area contributed by atoms with Crippen molar-refractivity contribution >= 4 is 111 Å². The summed E-state index contributed by atoms with van der Waals surface area (Å²) in [6.07, 6.45) is 14.1. The fourth-order valence-corrected chi connectivity index (χ4v) is 18.6. The van der Waals surface area contributed by atoms with E-state index in [1.54, 1.807) is 52.6 Å². The van der Waals surface area contributed by atoms with Crippen molar-refractivity contribution in [3.05, 3.63) is 493 Å². The van der Waals surface area contributed by atoms with E-state index in [0.717, 1.165) is 171 Å². The molecule has 11 heterocycles. The standard InChI is InChI=1S/C47H35N4.2C14H10NS.C13H8NS.2C12H10N.C11H8N.2Ir.Pt/c1-30-14-18-34(19-15-30)45-38-23-22-36(48-38)44(32-10-6-4-7-11-32)37-24-27-41(49-37)47(35-20-16-31(2)17-21-35)43-29-28-42(51(43)3)46(33-12-8-5-9-13-33)40-26-25-39(45)50-40;2*1-10-5-4-6-11(9-10)14-15-12-7-2-3-8-13(12)16-14;1-2-6-10(7-3-1)13-14-11-8-4-5-9-12(11)15-13;2*1-10-5-4-6-11(9-10)12-7-2-3-8-13-12;1-2-6-10(7-3-1)11-8-4-5-9-12-11;;;/h4-29H,1-3H3;2*2-5,7-9H,1H3;1-6,8-9H;2*2-5,7-9H,1H3;1-6,8-9H;;;/q7*-1;2*+3;+2. The molecule has 0 radical (unpaired) electrons. The van der Waals surface area contributed by atoms with E-state index in [9.17, 15) is 0 Å². The second-order valence-electron chi connectivity index (χ2n) is 32.6. The first kappa shape index (κ1) is 99.1. The van der Waals surface area contributed by atoms with Crippen LogP contribution in [-0.2, 0) is 68.3 Å². The summed E-state index contributed by atoms with van der Waals surface area (Å²) in [6.45, 7) is 12.6. The van der Waals surface area contributed by atoms with Crippen LogP contribution in [0.3, 0.4) is 0 Å². The fraction of sp³-hybridized carbons (Fsp3) is 0.0569. The van der Waals surface area contributed by atoms with Crippen molar-refractivity contribution < 1.29 is 65.8 Å². The third-order valence-corrected chi connectivity index (χ3v) is 25.7. The maximum Gasteiger partial charge on any atom is 3.00 e. The molecule has 0 aliphatic carbocycles. The zero-order valence-corrected chi connectivity index (χ0v) is 86.6. The van der Waals surface area contributed by atoms with E-state index < -0.39 is 0 Å². The molecule has 8 bridgehead atoms. The number of hydrogen-bond acceptors (Lipinski definition) is 10. The third-order valence-electron chi connectivity index (χ3n) is 22.5. The first-order valence-corrected chi connectivity index (χ1v) is 47.3. The molecule has 0 spiro atoms. The second-order valence-corrected chi connectivity index (χ2v) is 35.6. The number of aryl methyl sites for hydroxylation is 6. The van der Waals surface area contributed by atoms with Crippen LogP contribution in [0.15, 0.2) is 401 Å². The fourth-order valence-electron chi connectivity index (χ4n) is 15.8.